The summed E-state index contributed by atoms with van der Waals surface area (Å²) < 4.78 is 21.7. The van der Waals surface area contributed by atoms with Crippen LogP contribution in [0.4, 0.5) is 4.39 Å². The number of carbonyl (C=O) groups is 1. The quantitative estimate of drug-likeness (QED) is 0.304. The van der Waals surface area contributed by atoms with Gasteiger partial charge in [0.1, 0.15) is 0 Å². The van der Waals surface area contributed by atoms with Gasteiger partial charge >= 0.3 is 0 Å². The second-order valence-electron chi connectivity index (χ2n) is 7.25. The van der Waals surface area contributed by atoms with Gasteiger partial charge in [0.15, 0.2) is 34.4 Å². The molecule has 0 saturated heterocycles. The fraction of sp³-hybridized carbons (Fsp3) is 0.318. The van der Waals surface area contributed by atoms with Crippen molar-refractivity contribution in [3.63, 3.8) is 0 Å². The number of para-hydroxylation sites is 1. The fourth-order valence-corrected chi connectivity index (χ4v) is 3.85. The Kier molecular flexibility index (Phi) is 7.50. The van der Waals surface area contributed by atoms with Crippen molar-refractivity contribution in [2.75, 3.05) is 5.75 Å². The highest BCUT2D eigenvalue weighted by atomic mass is 35.5. The van der Waals surface area contributed by atoms with E-state index >= 15 is 0 Å². The van der Waals surface area contributed by atoms with Gasteiger partial charge in [-0.1, -0.05) is 49.3 Å². The van der Waals surface area contributed by atoms with E-state index < -0.39 is 11.9 Å². The topological polar surface area (TPSA) is 57.0 Å². The Bertz CT molecular complexity index is 1010. The van der Waals surface area contributed by atoms with Crippen LogP contribution in [0.3, 0.4) is 0 Å². The van der Waals surface area contributed by atoms with Crippen LogP contribution in [0.25, 0.3) is 0 Å². The van der Waals surface area contributed by atoms with E-state index in [2.05, 4.69) is 24.0 Å². The number of carbonyl (C=O) groups excluding carboxylic acids is 1. The number of aromatic nitrogens is 3. The molecule has 2 aromatic carbocycles. The Labute approximate surface area is 184 Å². The van der Waals surface area contributed by atoms with Gasteiger partial charge in [-0.25, -0.2) is 4.39 Å². The highest BCUT2D eigenvalue weighted by Crippen LogP contribution is 2.27. The van der Waals surface area contributed by atoms with Gasteiger partial charge in [0.2, 0.25) is 0 Å². The lowest BCUT2D eigenvalue weighted by Crippen LogP contribution is -2.16. The van der Waals surface area contributed by atoms with Gasteiger partial charge in [0.05, 0.1) is 5.75 Å². The van der Waals surface area contributed by atoms with Crippen LogP contribution in [0.1, 0.15) is 43.1 Å². The van der Waals surface area contributed by atoms with Crippen molar-refractivity contribution in [1.82, 2.24) is 14.8 Å². The summed E-state index contributed by atoms with van der Waals surface area (Å²) in [5, 5.41) is 9.75. The van der Waals surface area contributed by atoms with E-state index in [1.807, 2.05) is 4.57 Å². The first-order valence-electron chi connectivity index (χ1n) is 9.61. The molecule has 0 amide bonds. The van der Waals surface area contributed by atoms with Crippen molar-refractivity contribution in [2.45, 2.75) is 38.6 Å². The molecule has 0 aliphatic heterocycles. The SMILES string of the molecule is CC(C)Cn1c(SCC(=O)c2ccc(Cl)cc2)nnc1C(C)Oc1ccccc1F. The van der Waals surface area contributed by atoms with Crippen LogP contribution in [-0.2, 0) is 6.54 Å². The molecular weight excluding hydrogens is 425 g/mol. The molecule has 3 aromatic rings. The number of Topliss-reactive ketones (excluding diaryl/α,β-unsaturated/α-hetero) is 1. The van der Waals surface area contributed by atoms with E-state index in [4.69, 9.17) is 16.3 Å². The maximum atomic E-state index is 14.0. The van der Waals surface area contributed by atoms with Gasteiger partial charge in [0.25, 0.3) is 0 Å². The van der Waals surface area contributed by atoms with Crippen LogP contribution in [0.5, 0.6) is 5.75 Å². The molecule has 0 aliphatic carbocycles. The summed E-state index contributed by atoms with van der Waals surface area (Å²) in [6, 6.07) is 13.1. The summed E-state index contributed by atoms with van der Waals surface area (Å²) >= 11 is 7.21. The number of halogens is 2. The van der Waals surface area contributed by atoms with Crippen molar-refractivity contribution in [3.8, 4) is 5.75 Å². The Balaban J connectivity index is 1.76. The minimum Gasteiger partial charge on any atom is -0.480 e. The molecule has 158 valence electrons. The van der Waals surface area contributed by atoms with Crippen LogP contribution >= 0.6 is 23.4 Å². The molecule has 0 spiro atoms. The lowest BCUT2D eigenvalue weighted by atomic mass is 10.1. The predicted molar refractivity (Wildman–Crippen MR) is 117 cm³/mol. The predicted octanol–water partition coefficient (Wildman–Crippen LogP) is 5.84. The molecule has 0 radical (unpaired) electrons. The Morgan fingerprint density at radius 1 is 1.13 bits per heavy atom. The number of ether oxygens (including phenoxy) is 1. The third-order valence-electron chi connectivity index (χ3n) is 4.30. The van der Waals surface area contributed by atoms with Crippen LogP contribution in [-0.4, -0.2) is 26.3 Å². The van der Waals surface area contributed by atoms with E-state index in [1.165, 1.54) is 17.8 Å². The maximum Gasteiger partial charge on any atom is 0.191 e. The van der Waals surface area contributed by atoms with Crippen molar-refractivity contribution >= 4 is 29.1 Å². The van der Waals surface area contributed by atoms with Crippen molar-refractivity contribution in [2.24, 2.45) is 5.92 Å². The molecule has 5 nitrogen and oxygen atoms in total. The highest BCUT2D eigenvalue weighted by molar-refractivity contribution is 7.99. The van der Waals surface area contributed by atoms with Gasteiger partial charge < -0.3 is 9.30 Å². The summed E-state index contributed by atoms with van der Waals surface area (Å²) in [5.41, 5.74) is 0.596. The third-order valence-corrected chi connectivity index (χ3v) is 5.51. The maximum absolute atomic E-state index is 14.0. The lowest BCUT2D eigenvalue weighted by molar-refractivity contribution is 0.102. The Morgan fingerprint density at radius 3 is 2.50 bits per heavy atom. The smallest absolute Gasteiger partial charge is 0.191 e. The Morgan fingerprint density at radius 2 is 1.83 bits per heavy atom. The first kappa shape index (κ1) is 22.3. The van der Waals surface area contributed by atoms with E-state index in [1.54, 1.807) is 49.4 Å². The third kappa shape index (κ3) is 5.61. The molecule has 1 aromatic heterocycles. The molecule has 30 heavy (non-hydrogen) atoms. The standard InChI is InChI=1S/C22H23ClFN3O2S/c1-14(2)12-27-21(15(3)29-20-7-5-4-6-18(20)24)25-26-22(27)30-13-19(28)16-8-10-17(23)11-9-16/h4-11,14-15H,12-13H2,1-3H3. The molecule has 1 unspecified atom stereocenters. The molecule has 1 heterocycles. The van der Waals surface area contributed by atoms with Crippen LogP contribution in [0.2, 0.25) is 5.02 Å². The van der Waals surface area contributed by atoms with Crippen molar-refractivity contribution in [1.29, 1.82) is 0 Å². The molecule has 0 fully saturated rings. The average Bonchev–Trinajstić information content (AvgIpc) is 3.10. The zero-order valence-corrected chi connectivity index (χ0v) is 18.6. The number of hydrogen-bond donors (Lipinski definition) is 0. The molecule has 0 bridgehead atoms. The number of benzene rings is 2. The first-order valence-corrected chi connectivity index (χ1v) is 11.0. The van der Waals surface area contributed by atoms with Crippen LogP contribution in [0, 0.1) is 11.7 Å². The summed E-state index contributed by atoms with van der Waals surface area (Å²) in [5.74, 6) is 0.854. The molecule has 0 aliphatic rings. The van der Waals surface area contributed by atoms with Crippen molar-refractivity contribution < 1.29 is 13.9 Å². The van der Waals surface area contributed by atoms with Gasteiger partial charge in [-0.05, 0) is 49.2 Å². The Hall–Kier alpha value is -2.38. The van der Waals surface area contributed by atoms with Crippen LogP contribution in [0.15, 0.2) is 53.7 Å². The van der Waals surface area contributed by atoms with Gasteiger partial charge in [0, 0.05) is 17.1 Å². The molecule has 0 saturated carbocycles. The largest absolute Gasteiger partial charge is 0.480 e. The monoisotopic (exact) mass is 447 g/mol. The lowest BCUT2D eigenvalue weighted by Gasteiger charge is -2.18. The van der Waals surface area contributed by atoms with Gasteiger partial charge in [-0.2, -0.15) is 0 Å². The van der Waals surface area contributed by atoms with Crippen molar-refractivity contribution in [3.05, 3.63) is 70.8 Å². The summed E-state index contributed by atoms with van der Waals surface area (Å²) in [4.78, 5) is 12.5. The molecule has 3 rings (SSSR count). The number of rotatable bonds is 9. The average molecular weight is 448 g/mol. The number of hydrogen-bond acceptors (Lipinski definition) is 5. The van der Waals surface area contributed by atoms with E-state index in [9.17, 15) is 9.18 Å². The van der Waals surface area contributed by atoms with Gasteiger partial charge in [-0.3, -0.25) is 4.79 Å². The number of ketones is 1. The fourth-order valence-electron chi connectivity index (χ4n) is 2.88. The van der Waals surface area contributed by atoms with E-state index in [0.717, 1.165) is 0 Å². The molecule has 0 N–H and O–H groups in total. The minimum atomic E-state index is -0.505. The minimum absolute atomic E-state index is 0.0204. The second-order valence-corrected chi connectivity index (χ2v) is 8.63. The number of thioether (sulfide) groups is 1. The molecular formula is C22H23ClFN3O2S. The highest BCUT2D eigenvalue weighted by Gasteiger charge is 2.22. The zero-order valence-electron chi connectivity index (χ0n) is 17.0. The van der Waals surface area contributed by atoms with Gasteiger partial charge in [-0.15, -0.1) is 10.2 Å². The summed E-state index contributed by atoms with van der Waals surface area (Å²) in [6.45, 7) is 6.63. The summed E-state index contributed by atoms with van der Waals surface area (Å²) in [7, 11) is 0. The van der Waals surface area contributed by atoms with Crippen LogP contribution < -0.4 is 4.74 Å². The molecule has 1 atom stereocenters. The first-order chi connectivity index (χ1) is 14.3. The normalized spacial score (nSPS) is 12.2. The van der Waals surface area contributed by atoms with E-state index in [-0.39, 0.29) is 17.3 Å². The molecule has 8 heteroatoms. The van der Waals surface area contributed by atoms with E-state index in [0.29, 0.717) is 34.0 Å². The second kappa shape index (κ2) is 10.1. The number of nitrogens with zero attached hydrogens (tertiary/aromatic N) is 3. The zero-order chi connectivity index (χ0) is 21.7. The summed E-state index contributed by atoms with van der Waals surface area (Å²) in [6.07, 6.45) is -0.505.